The molecule has 0 radical (unpaired) electrons. The number of benzene rings is 1. The van der Waals surface area contributed by atoms with Crippen molar-refractivity contribution in [3.05, 3.63) is 64.4 Å². The second-order valence-corrected chi connectivity index (χ2v) is 8.30. The lowest BCUT2D eigenvalue weighted by molar-refractivity contribution is -0.117. The number of Topliss-reactive ketones (excluding diaryl/α,β-unsaturated/α-hetero) is 1. The second kappa shape index (κ2) is 9.99. The van der Waals surface area contributed by atoms with Crippen LogP contribution in [-0.4, -0.2) is 59.8 Å². The number of carbonyl (C=O) groups excluding carboxylic acids is 3. The fourth-order valence-electron chi connectivity index (χ4n) is 4.05. The number of amides is 2. The maximum atomic E-state index is 13.5. The van der Waals surface area contributed by atoms with Gasteiger partial charge in [0, 0.05) is 56.8 Å². The van der Waals surface area contributed by atoms with Crippen molar-refractivity contribution in [3.8, 4) is 0 Å². The Morgan fingerprint density at radius 3 is 2.61 bits per heavy atom. The van der Waals surface area contributed by atoms with Crippen molar-refractivity contribution in [1.29, 1.82) is 0 Å². The highest BCUT2D eigenvalue weighted by Crippen LogP contribution is 2.23. The Morgan fingerprint density at radius 2 is 1.94 bits per heavy atom. The summed E-state index contributed by atoms with van der Waals surface area (Å²) in [4.78, 5) is 40.5. The molecule has 1 fully saturated rings. The number of nitrogens with zero attached hydrogens (tertiary/aromatic N) is 2. The van der Waals surface area contributed by atoms with Gasteiger partial charge in [0.1, 0.15) is 5.82 Å². The molecule has 0 bridgehead atoms. The normalized spacial score (nSPS) is 14.0. The quantitative estimate of drug-likeness (QED) is 0.439. The van der Waals surface area contributed by atoms with E-state index in [0.717, 1.165) is 18.8 Å². The maximum Gasteiger partial charge on any atom is 0.294 e. The average molecular weight is 456 g/mol. The molecule has 0 saturated carbocycles. The summed E-state index contributed by atoms with van der Waals surface area (Å²) in [5.41, 5.74) is 3.25. The largest absolute Gasteiger partial charge is 0.386 e. The Balaban J connectivity index is 1.70. The number of piperazine rings is 1. The SMILES string of the molecule is C=C1CN(CCNC(=O)C(=O)c2c(C)c(C(=O)Nc3ccc(F)c(C)c3)c(C)n2C)CCN1. The van der Waals surface area contributed by atoms with Gasteiger partial charge in [-0.15, -0.1) is 0 Å². The first-order valence-electron chi connectivity index (χ1n) is 10.8. The summed E-state index contributed by atoms with van der Waals surface area (Å²) in [5, 5.41) is 8.59. The van der Waals surface area contributed by atoms with Crippen LogP contribution in [0.25, 0.3) is 0 Å². The number of nitrogens with one attached hydrogen (secondary N) is 3. The number of carbonyl (C=O) groups is 3. The van der Waals surface area contributed by atoms with Crippen LogP contribution >= 0.6 is 0 Å². The first-order chi connectivity index (χ1) is 15.6. The van der Waals surface area contributed by atoms with Crippen molar-refractivity contribution in [2.24, 2.45) is 7.05 Å². The third-order valence-electron chi connectivity index (χ3n) is 5.93. The van der Waals surface area contributed by atoms with Gasteiger partial charge in [0.2, 0.25) is 0 Å². The Hall–Kier alpha value is -3.46. The molecule has 3 rings (SSSR count). The van der Waals surface area contributed by atoms with Gasteiger partial charge in [-0.2, -0.15) is 0 Å². The van der Waals surface area contributed by atoms with Gasteiger partial charge in [-0.25, -0.2) is 4.39 Å². The number of halogens is 1. The summed E-state index contributed by atoms with van der Waals surface area (Å²) >= 11 is 0. The highest BCUT2D eigenvalue weighted by atomic mass is 19.1. The molecule has 1 aliphatic rings. The highest BCUT2D eigenvalue weighted by Gasteiger charge is 2.28. The number of aryl methyl sites for hydroxylation is 1. The Bertz CT molecular complexity index is 1120. The van der Waals surface area contributed by atoms with Gasteiger partial charge in [-0.1, -0.05) is 6.58 Å². The van der Waals surface area contributed by atoms with Crippen LogP contribution in [0.2, 0.25) is 0 Å². The zero-order valence-corrected chi connectivity index (χ0v) is 19.5. The first kappa shape index (κ1) is 24.2. The molecule has 0 spiro atoms. The van der Waals surface area contributed by atoms with Crippen LogP contribution in [-0.2, 0) is 11.8 Å². The number of hydrogen-bond donors (Lipinski definition) is 3. The standard InChI is InChI=1S/C24H30FN5O3/c1-14-12-18(6-7-19(14)25)28-23(32)20-16(3)21(29(5)17(20)4)22(31)24(33)27-9-11-30-10-8-26-15(2)13-30/h6-7,12,26H,2,8-11,13H2,1,3-5H3,(H,27,33)(H,28,32). The van der Waals surface area contributed by atoms with Crippen molar-refractivity contribution in [3.63, 3.8) is 0 Å². The zero-order chi connectivity index (χ0) is 24.3. The number of ketones is 1. The Labute approximate surface area is 192 Å². The van der Waals surface area contributed by atoms with Crippen LogP contribution in [0, 0.1) is 26.6 Å². The van der Waals surface area contributed by atoms with Crippen LogP contribution in [0.1, 0.15) is 37.7 Å². The average Bonchev–Trinajstić information content (AvgIpc) is 2.98. The smallest absolute Gasteiger partial charge is 0.294 e. The van der Waals surface area contributed by atoms with Gasteiger partial charge in [-0.05, 0) is 50.1 Å². The van der Waals surface area contributed by atoms with Gasteiger partial charge in [0.15, 0.2) is 0 Å². The summed E-state index contributed by atoms with van der Waals surface area (Å²) in [6, 6.07) is 4.29. The molecule has 1 aromatic carbocycles. The van der Waals surface area contributed by atoms with Crippen molar-refractivity contribution >= 4 is 23.3 Å². The van der Waals surface area contributed by atoms with E-state index in [0.29, 0.717) is 47.7 Å². The van der Waals surface area contributed by atoms with Gasteiger partial charge < -0.3 is 20.5 Å². The van der Waals surface area contributed by atoms with E-state index in [1.54, 1.807) is 32.4 Å². The lowest BCUT2D eigenvalue weighted by Gasteiger charge is -2.29. The third kappa shape index (κ3) is 5.31. The number of aromatic nitrogens is 1. The summed E-state index contributed by atoms with van der Waals surface area (Å²) < 4.78 is 15.1. The lowest BCUT2D eigenvalue weighted by atomic mass is 10.1. The summed E-state index contributed by atoms with van der Waals surface area (Å²) in [5.74, 6) is -2.20. The molecule has 176 valence electrons. The predicted octanol–water partition coefficient (Wildman–Crippen LogP) is 2.06. The molecule has 2 amide bonds. The highest BCUT2D eigenvalue weighted by molar-refractivity contribution is 6.43. The fraction of sp³-hybridized carbons (Fsp3) is 0.375. The van der Waals surface area contributed by atoms with Crippen LogP contribution in [0.5, 0.6) is 0 Å². The van der Waals surface area contributed by atoms with E-state index in [-0.39, 0.29) is 11.5 Å². The monoisotopic (exact) mass is 455 g/mol. The molecule has 1 aliphatic heterocycles. The number of rotatable bonds is 7. The molecule has 1 saturated heterocycles. The van der Waals surface area contributed by atoms with E-state index < -0.39 is 17.6 Å². The predicted molar refractivity (Wildman–Crippen MR) is 125 cm³/mol. The van der Waals surface area contributed by atoms with Crippen molar-refractivity contribution in [1.82, 2.24) is 20.1 Å². The Morgan fingerprint density at radius 1 is 1.21 bits per heavy atom. The molecule has 0 aliphatic carbocycles. The van der Waals surface area contributed by atoms with E-state index in [9.17, 15) is 18.8 Å². The molecule has 1 aromatic heterocycles. The summed E-state index contributed by atoms with van der Waals surface area (Å²) in [6.45, 7) is 12.2. The topological polar surface area (TPSA) is 95.5 Å². The van der Waals surface area contributed by atoms with Gasteiger partial charge in [0.25, 0.3) is 17.6 Å². The summed E-state index contributed by atoms with van der Waals surface area (Å²) in [7, 11) is 1.65. The van der Waals surface area contributed by atoms with Gasteiger partial charge in [-0.3, -0.25) is 19.3 Å². The molecule has 3 N–H and O–H groups in total. The van der Waals surface area contributed by atoms with Crippen LogP contribution in [0.15, 0.2) is 30.5 Å². The molecule has 0 unspecified atom stereocenters. The van der Waals surface area contributed by atoms with Crippen molar-refractivity contribution in [2.45, 2.75) is 20.8 Å². The maximum absolute atomic E-state index is 13.5. The number of hydrogen-bond acceptors (Lipinski definition) is 5. The van der Waals surface area contributed by atoms with Crippen molar-refractivity contribution in [2.75, 3.05) is 38.0 Å². The number of anilines is 1. The van der Waals surface area contributed by atoms with Gasteiger partial charge >= 0.3 is 0 Å². The molecular formula is C24H30FN5O3. The van der Waals surface area contributed by atoms with Crippen LogP contribution in [0.4, 0.5) is 10.1 Å². The minimum Gasteiger partial charge on any atom is -0.386 e. The van der Waals surface area contributed by atoms with Gasteiger partial charge in [0.05, 0.1) is 11.3 Å². The molecule has 2 heterocycles. The zero-order valence-electron chi connectivity index (χ0n) is 19.5. The minimum atomic E-state index is -0.714. The Kier molecular flexibility index (Phi) is 7.33. The summed E-state index contributed by atoms with van der Waals surface area (Å²) in [6.07, 6.45) is 0. The van der Waals surface area contributed by atoms with E-state index in [1.165, 1.54) is 18.2 Å². The molecule has 9 heteroatoms. The molecule has 0 atom stereocenters. The fourth-order valence-corrected chi connectivity index (χ4v) is 4.05. The molecule has 2 aromatic rings. The van der Waals surface area contributed by atoms with E-state index >= 15 is 0 Å². The second-order valence-electron chi connectivity index (χ2n) is 8.30. The third-order valence-corrected chi connectivity index (χ3v) is 5.93. The molecule has 8 nitrogen and oxygen atoms in total. The van der Waals surface area contributed by atoms with Crippen molar-refractivity contribution < 1.29 is 18.8 Å². The van der Waals surface area contributed by atoms with E-state index in [4.69, 9.17) is 0 Å². The lowest BCUT2D eigenvalue weighted by Crippen LogP contribution is -2.45. The van der Waals surface area contributed by atoms with E-state index in [1.807, 2.05) is 0 Å². The minimum absolute atomic E-state index is 0.168. The van der Waals surface area contributed by atoms with Crippen LogP contribution in [0.3, 0.4) is 0 Å². The van der Waals surface area contributed by atoms with E-state index in [2.05, 4.69) is 27.4 Å². The van der Waals surface area contributed by atoms with Crippen LogP contribution < -0.4 is 16.0 Å². The first-order valence-corrected chi connectivity index (χ1v) is 10.8. The molecule has 33 heavy (non-hydrogen) atoms. The molecular weight excluding hydrogens is 425 g/mol.